The molecule has 0 amide bonds. The molecule has 1 aromatic carbocycles. The quantitative estimate of drug-likeness (QED) is 0.614. The molecule has 15 heavy (non-hydrogen) atoms. The van der Waals surface area contributed by atoms with Crippen molar-refractivity contribution in [1.29, 1.82) is 0 Å². The molecule has 0 N–H and O–H groups in total. The van der Waals surface area contributed by atoms with E-state index in [1.807, 2.05) is 6.26 Å². The van der Waals surface area contributed by atoms with Gasteiger partial charge in [0.25, 0.3) is 0 Å². The van der Waals surface area contributed by atoms with Crippen LogP contribution in [0.3, 0.4) is 0 Å². The van der Waals surface area contributed by atoms with Crippen LogP contribution in [0.5, 0.6) is 0 Å². The fourth-order valence-corrected chi connectivity index (χ4v) is 2.58. The van der Waals surface area contributed by atoms with E-state index in [2.05, 4.69) is 0 Å². The molecule has 2 nitrogen and oxygen atoms in total. The van der Waals surface area contributed by atoms with Gasteiger partial charge in [0.05, 0.1) is 10.0 Å². The van der Waals surface area contributed by atoms with Crippen LogP contribution in [0.2, 0.25) is 10.0 Å². The summed E-state index contributed by atoms with van der Waals surface area (Å²) in [6.45, 7) is 1.56. The lowest BCUT2D eigenvalue weighted by Crippen LogP contribution is -1.99. The first-order valence-electron chi connectivity index (χ1n) is 4.20. The van der Waals surface area contributed by atoms with Gasteiger partial charge in [-0.1, -0.05) is 23.2 Å². The minimum atomic E-state index is -0.323. The fraction of sp³-hybridized carbons (Fsp3) is 0.300. The normalized spacial score (nSPS) is 10.1. The van der Waals surface area contributed by atoms with Gasteiger partial charge in [0.15, 0.2) is 0 Å². The third-order valence-electron chi connectivity index (χ3n) is 1.70. The molecule has 0 radical (unpaired) electrons. The second-order valence-corrected chi connectivity index (χ2v) is 4.50. The molecule has 0 aliphatic heterocycles. The smallest absolute Gasteiger partial charge is 0.302 e. The first-order valence-corrected chi connectivity index (χ1v) is 6.18. The van der Waals surface area contributed by atoms with Crippen molar-refractivity contribution < 1.29 is 9.53 Å². The molecule has 0 aliphatic carbocycles. The largest absolute Gasteiger partial charge is 0.461 e. The van der Waals surface area contributed by atoms with Gasteiger partial charge in [0, 0.05) is 11.8 Å². The van der Waals surface area contributed by atoms with Crippen LogP contribution in [0.1, 0.15) is 12.5 Å². The zero-order valence-corrected chi connectivity index (χ0v) is 10.7. The van der Waals surface area contributed by atoms with Gasteiger partial charge >= 0.3 is 5.97 Å². The summed E-state index contributed by atoms with van der Waals surface area (Å²) in [5.41, 5.74) is 0.790. The maximum absolute atomic E-state index is 10.6. The SMILES string of the molecule is CSc1c(Cl)cc(COC(C)=O)cc1Cl. The number of carbonyl (C=O) groups is 1. The highest BCUT2D eigenvalue weighted by molar-refractivity contribution is 7.98. The van der Waals surface area contributed by atoms with Crippen LogP contribution in [0.25, 0.3) is 0 Å². The molecule has 0 unspecified atom stereocenters. The maximum atomic E-state index is 10.6. The first kappa shape index (κ1) is 12.7. The first-order chi connectivity index (χ1) is 7.04. The molecule has 5 heteroatoms. The van der Waals surface area contributed by atoms with Crippen molar-refractivity contribution in [1.82, 2.24) is 0 Å². The molecule has 82 valence electrons. The summed E-state index contributed by atoms with van der Waals surface area (Å²) in [6, 6.07) is 3.50. The van der Waals surface area contributed by atoms with Gasteiger partial charge in [-0.15, -0.1) is 11.8 Å². The molecular weight excluding hydrogens is 255 g/mol. The molecule has 0 fully saturated rings. The third kappa shape index (κ3) is 3.59. The Morgan fingerprint density at radius 2 is 1.93 bits per heavy atom. The summed E-state index contributed by atoms with van der Waals surface area (Å²) in [5, 5.41) is 1.16. The van der Waals surface area contributed by atoms with E-state index in [1.165, 1.54) is 18.7 Å². The molecule has 0 heterocycles. The Bertz CT molecular complexity index is 357. The Morgan fingerprint density at radius 3 is 2.33 bits per heavy atom. The summed E-state index contributed by atoms with van der Waals surface area (Å²) in [6.07, 6.45) is 1.90. The highest BCUT2D eigenvalue weighted by Crippen LogP contribution is 2.33. The van der Waals surface area contributed by atoms with Crippen molar-refractivity contribution in [3.05, 3.63) is 27.7 Å². The fourth-order valence-electron chi connectivity index (χ4n) is 1.08. The van der Waals surface area contributed by atoms with E-state index in [1.54, 1.807) is 12.1 Å². The van der Waals surface area contributed by atoms with Gasteiger partial charge in [-0.3, -0.25) is 4.79 Å². The molecule has 1 aromatic rings. The number of benzene rings is 1. The zero-order valence-electron chi connectivity index (χ0n) is 8.34. The second kappa shape index (κ2) is 5.64. The van der Waals surface area contributed by atoms with Crippen molar-refractivity contribution in [3.8, 4) is 0 Å². The lowest BCUT2D eigenvalue weighted by atomic mass is 10.2. The van der Waals surface area contributed by atoms with Crippen molar-refractivity contribution in [2.45, 2.75) is 18.4 Å². The standard InChI is InChI=1S/C10H10Cl2O2S/c1-6(13)14-5-7-3-8(11)10(15-2)9(12)4-7/h3-4H,5H2,1-2H3. The topological polar surface area (TPSA) is 26.3 Å². The number of hydrogen-bond acceptors (Lipinski definition) is 3. The van der Waals surface area contributed by atoms with Gasteiger partial charge in [0.2, 0.25) is 0 Å². The third-order valence-corrected chi connectivity index (χ3v) is 3.37. The van der Waals surface area contributed by atoms with Crippen molar-refractivity contribution in [3.63, 3.8) is 0 Å². The van der Waals surface area contributed by atoms with Gasteiger partial charge in [0.1, 0.15) is 6.61 Å². The predicted octanol–water partition coefficient (Wildman–Crippen LogP) is 3.78. The van der Waals surface area contributed by atoms with Gasteiger partial charge in [-0.25, -0.2) is 0 Å². The number of ether oxygens (including phenoxy) is 1. The summed E-state index contributed by atoms with van der Waals surface area (Å²) in [5.74, 6) is -0.323. The summed E-state index contributed by atoms with van der Waals surface area (Å²) < 4.78 is 4.85. The molecular formula is C10H10Cl2O2S. The van der Waals surface area contributed by atoms with E-state index in [9.17, 15) is 4.79 Å². The van der Waals surface area contributed by atoms with Crippen LogP contribution < -0.4 is 0 Å². The van der Waals surface area contributed by atoms with Crippen molar-refractivity contribution in [2.24, 2.45) is 0 Å². The van der Waals surface area contributed by atoms with Gasteiger partial charge in [-0.2, -0.15) is 0 Å². The molecule has 0 saturated heterocycles. The minimum Gasteiger partial charge on any atom is -0.461 e. The summed E-state index contributed by atoms with van der Waals surface area (Å²) in [4.78, 5) is 11.5. The van der Waals surface area contributed by atoms with Crippen LogP contribution in [0.4, 0.5) is 0 Å². The molecule has 0 atom stereocenters. The highest BCUT2D eigenvalue weighted by Gasteiger charge is 2.07. The number of halogens is 2. The maximum Gasteiger partial charge on any atom is 0.302 e. The zero-order chi connectivity index (χ0) is 11.4. The number of esters is 1. The van der Waals surface area contributed by atoms with Crippen LogP contribution in [-0.2, 0) is 16.1 Å². The van der Waals surface area contributed by atoms with Crippen LogP contribution >= 0.6 is 35.0 Å². The monoisotopic (exact) mass is 264 g/mol. The Balaban J connectivity index is 2.88. The highest BCUT2D eigenvalue weighted by atomic mass is 35.5. The average Bonchev–Trinajstić information content (AvgIpc) is 2.14. The van der Waals surface area contributed by atoms with E-state index in [0.29, 0.717) is 10.0 Å². The molecule has 0 aromatic heterocycles. The summed E-state index contributed by atoms with van der Waals surface area (Å²) >= 11 is 13.5. The van der Waals surface area contributed by atoms with Gasteiger partial charge in [-0.05, 0) is 24.0 Å². The lowest BCUT2D eigenvalue weighted by Gasteiger charge is -2.07. The number of thioether (sulfide) groups is 1. The number of rotatable bonds is 3. The Morgan fingerprint density at radius 1 is 1.40 bits per heavy atom. The predicted molar refractivity (Wildman–Crippen MR) is 63.7 cm³/mol. The molecule has 1 rings (SSSR count). The lowest BCUT2D eigenvalue weighted by molar-refractivity contribution is -0.142. The Kier molecular flexibility index (Phi) is 4.77. The minimum absolute atomic E-state index is 0.198. The second-order valence-electron chi connectivity index (χ2n) is 2.87. The van der Waals surface area contributed by atoms with E-state index >= 15 is 0 Å². The molecule has 0 bridgehead atoms. The molecule has 0 spiro atoms. The van der Waals surface area contributed by atoms with E-state index in [-0.39, 0.29) is 12.6 Å². The van der Waals surface area contributed by atoms with Crippen molar-refractivity contribution >= 4 is 40.9 Å². The number of hydrogen-bond donors (Lipinski definition) is 0. The van der Waals surface area contributed by atoms with E-state index < -0.39 is 0 Å². The molecule has 0 saturated carbocycles. The Labute approximate surface area is 103 Å². The van der Waals surface area contributed by atoms with Crippen LogP contribution in [0, 0.1) is 0 Å². The number of carbonyl (C=O) groups excluding carboxylic acids is 1. The molecule has 0 aliphatic rings. The van der Waals surface area contributed by atoms with E-state index in [4.69, 9.17) is 27.9 Å². The van der Waals surface area contributed by atoms with Crippen LogP contribution in [-0.4, -0.2) is 12.2 Å². The van der Waals surface area contributed by atoms with E-state index in [0.717, 1.165) is 10.5 Å². The summed E-state index contributed by atoms with van der Waals surface area (Å²) in [7, 11) is 0. The average molecular weight is 265 g/mol. The van der Waals surface area contributed by atoms with Crippen molar-refractivity contribution in [2.75, 3.05) is 6.26 Å². The van der Waals surface area contributed by atoms with Gasteiger partial charge < -0.3 is 4.74 Å². The van der Waals surface area contributed by atoms with Crippen LogP contribution in [0.15, 0.2) is 17.0 Å². The Hall–Kier alpha value is -0.380.